The molecule has 11 nitrogen and oxygen atoms in total. The molecule has 2 saturated heterocycles. The van der Waals surface area contributed by atoms with Crippen LogP contribution < -0.4 is 10.5 Å². The minimum atomic E-state index is -1.56. The third kappa shape index (κ3) is 4.99. The van der Waals surface area contributed by atoms with Crippen LogP contribution >= 0.6 is 11.8 Å². The Balaban J connectivity index is 1.57. The molecule has 214 valence electrons. The molecule has 2 aromatic rings. The van der Waals surface area contributed by atoms with Crippen molar-refractivity contribution in [2.24, 2.45) is 11.7 Å². The van der Waals surface area contributed by atoms with Crippen LogP contribution in [-0.2, 0) is 19.1 Å². The maximum atomic E-state index is 14.2. The van der Waals surface area contributed by atoms with E-state index in [-0.39, 0.29) is 12.6 Å². The molecule has 5 rings (SSSR count). The Morgan fingerprint density at radius 3 is 2.62 bits per heavy atom. The quantitative estimate of drug-likeness (QED) is 0.480. The first-order chi connectivity index (χ1) is 19.1. The molecule has 3 atom stereocenters. The van der Waals surface area contributed by atoms with E-state index in [2.05, 4.69) is 4.98 Å². The number of oxazole rings is 1. The van der Waals surface area contributed by atoms with Gasteiger partial charge in [0.15, 0.2) is 0 Å². The number of ether oxygens (including phenoxy) is 3. The van der Waals surface area contributed by atoms with Crippen LogP contribution in [-0.4, -0.2) is 76.5 Å². The molecule has 0 spiro atoms. The Morgan fingerprint density at radius 2 is 1.98 bits per heavy atom. The van der Waals surface area contributed by atoms with Gasteiger partial charge in [-0.2, -0.15) is 0 Å². The number of aromatic nitrogens is 1. The standard InChI is InChI=1S/C28H34N4O7S/c1-16-21-24(33)32(28(2,3)26(29)34)27(35)31(25(21)40-22(16)23-30-11-14-38-23)15-20(39-17-9-12-37-13-10-17)18-7-5-6-8-19(18)36-4/h5-8,11,14,17,20-21,25H,9-10,12-13,15H2,1-4H3,(H2,29,34)/t20-,21?,25?/m0/s1. The van der Waals surface area contributed by atoms with E-state index in [4.69, 9.17) is 24.4 Å². The number of para-hydroxylation sites is 1. The number of methoxy groups -OCH3 is 1. The molecule has 1 aromatic carbocycles. The van der Waals surface area contributed by atoms with Crippen molar-refractivity contribution >= 4 is 34.5 Å². The van der Waals surface area contributed by atoms with Gasteiger partial charge in [-0.25, -0.2) is 14.7 Å². The van der Waals surface area contributed by atoms with Crippen LogP contribution in [0.15, 0.2) is 46.7 Å². The molecule has 2 fully saturated rings. The zero-order valence-electron chi connectivity index (χ0n) is 23.0. The average Bonchev–Trinajstić information content (AvgIpc) is 3.59. The zero-order valence-corrected chi connectivity index (χ0v) is 23.8. The number of thioether (sulfide) groups is 1. The fraction of sp³-hybridized carbons (Fsp3) is 0.500. The highest BCUT2D eigenvalue weighted by Gasteiger charge is 2.57. The van der Waals surface area contributed by atoms with Gasteiger partial charge in [0.25, 0.3) is 0 Å². The lowest BCUT2D eigenvalue weighted by atomic mass is 9.91. The second-order valence-corrected chi connectivity index (χ2v) is 11.7. The molecule has 4 amide bonds. The fourth-order valence-electron chi connectivity index (χ4n) is 5.39. The van der Waals surface area contributed by atoms with E-state index in [1.807, 2.05) is 31.2 Å². The van der Waals surface area contributed by atoms with Gasteiger partial charge in [0.05, 0.1) is 42.2 Å². The number of nitrogens with two attached hydrogens (primary N) is 1. The molecule has 12 heteroatoms. The number of hydrogen-bond donors (Lipinski definition) is 1. The highest BCUT2D eigenvalue weighted by atomic mass is 32.2. The Kier molecular flexibility index (Phi) is 7.94. The molecule has 0 bridgehead atoms. The summed E-state index contributed by atoms with van der Waals surface area (Å²) in [7, 11) is 1.59. The highest BCUT2D eigenvalue weighted by Crippen LogP contribution is 2.52. The highest BCUT2D eigenvalue weighted by molar-refractivity contribution is 8.09. The Labute approximate surface area is 237 Å². The first kappa shape index (κ1) is 28.2. The first-order valence-corrected chi connectivity index (χ1v) is 14.1. The largest absolute Gasteiger partial charge is 0.496 e. The summed E-state index contributed by atoms with van der Waals surface area (Å²) >= 11 is 1.35. The molecular weight excluding hydrogens is 536 g/mol. The van der Waals surface area contributed by atoms with E-state index < -0.39 is 40.8 Å². The summed E-state index contributed by atoms with van der Waals surface area (Å²) in [6.07, 6.45) is 3.76. The van der Waals surface area contributed by atoms with Gasteiger partial charge < -0.3 is 29.3 Å². The van der Waals surface area contributed by atoms with Crippen molar-refractivity contribution in [2.75, 3.05) is 26.9 Å². The minimum Gasteiger partial charge on any atom is -0.496 e. The lowest BCUT2D eigenvalue weighted by Gasteiger charge is -2.47. The number of amides is 4. The maximum absolute atomic E-state index is 14.2. The number of rotatable bonds is 9. The summed E-state index contributed by atoms with van der Waals surface area (Å²) in [5.74, 6) is -1.00. The summed E-state index contributed by atoms with van der Waals surface area (Å²) < 4.78 is 23.4. The predicted molar refractivity (Wildman–Crippen MR) is 147 cm³/mol. The third-order valence-electron chi connectivity index (χ3n) is 7.74. The Hall–Kier alpha value is -3.35. The van der Waals surface area contributed by atoms with Crippen LogP contribution in [0.3, 0.4) is 0 Å². The molecule has 40 heavy (non-hydrogen) atoms. The van der Waals surface area contributed by atoms with Gasteiger partial charge in [-0.15, -0.1) is 0 Å². The van der Waals surface area contributed by atoms with Gasteiger partial charge >= 0.3 is 6.03 Å². The second-order valence-electron chi connectivity index (χ2n) is 10.5. The van der Waals surface area contributed by atoms with Crippen LogP contribution in [0.5, 0.6) is 5.75 Å². The zero-order chi connectivity index (χ0) is 28.6. The molecule has 2 N–H and O–H groups in total. The van der Waals surface area contributed by atoms with Crippen LogP contribution in [0.2, 0.25) is 0 Å². The molecule has 4 heterocycles. The van der Waals surface area contributed by atoms with Crippen LogP contribution in [0.4, 0.5) is 4.79 Å². The van der Waals surface area contributed by atoms with Crippen molar-refractivity contribution in [1.29, 1.82) is 0 Å². The van der Waals surface area contributed by atoms with Crippen molar-refractivity contribution in [1.82, 2.24) is 14.8 Å². The molecule has 3 aliphatic rings. The molecule has 1 aromatic heterocycles. The molecule has 0 aliphatic carbocycles. The lowest BCUT2D eigenvalue weighted by Crippen LogP contribution is -2.68. The summed E-state index contributed by atoms with van der Waals surface area (Å²) in [5.41, 5.74) is 5.63. The van der Waals surface area contributed by atoms with Crippen molar-refractivity contribution in [3.05, 3.63) is 53.8 Å². The average molecular weight is 571 g/mol. The van der Waals surface area contributed by atoms with E-state index in [1.54, 1.807) is 12.0 Å². The summed E-state index contributed by atoms with van der Waals surface area (Å²) in [6.45, 7) is 6.07. The number of nitrogens with zero attached hydrogens (tertiary/aromatic N) is 3. The van der Waals surface area contributed by atoms with E-state index >= 15 is 0 Å². The minimum absolute atomic E-state index is 0.0851. The smallest absolute Gasteiger partial charge is 0.328 e. The number of primary amides is 1. The van der Waals surface area contributed by atoms with Gasteiger partial charge in [0.2, 0.25) is 17.7 Å². The van der Waals surface area contributed by atoms with E-state index in [0.717, 1.165) is 10.5 Å². The molecule has 3 aliphatic heterocycles. The monoisotopic (exact) mass is 570 g/mol. The van der Waals surface area contributed by atoms with Crippen LogP contribution in [0.25, 0.3) is 4.91 Å². The number of fused-ring (bicyclic) bond motifs is 1. The topological polar surface area (TPSA) is 137 Å². The number of benzene rings is 1. The number of carbonyl (C=O) groups is 3. The van der Waals surface area contributed by atoms with Crippen molar-refractivity contribution in [3.8, 4) is 5.75 Å². The van der Waals surface area contributed by atoms with E-state index in [0.29, 0.717) is 48.2 Å². The second kappa shape index (κ2) is 11.3. The summed E-state index contributed by atoms with van der Waals surface area (Å²) in [5, 5.41) is -0.600. The van der Waals surface area contributed by atoms with Gasteiger partial charge in [-0.1, -0.05) is 30.0 Å². The van der Waals surface area contributed by atoms with Gasteiger partial charge in [0, 0.05) is 18.8 Å². The van der Waals surface area contributed by atoms with Gasteiger partial charge in [0.1, 0.15) is 23.7 Å². The number of urea groups is 1. The summed E-state index contributed by atoms with van der Waals surface area (Å²) in [4.78, 5) is 48.2. The van der Waals surface area contributed by atoms with Crippen molar-refractivity contribution in [3.63, 3.8) is 0 Å². The molecule has 0 saturated carbocycles. The SMILES string of the molecule is COc1ccccc1[C@H](CN1C(=O)N(C(C)(C)C(N)=O)C(=O)C2C(C)=C(c3ncco3)SC21)OC1CCOCC1. The van der Waals surface area contributed by atoms with E-state index in [1.165, 1.54) is 38.1 Å². The van der Waals surface area contributed by atoms with Gasteiger partial charge in [-0.05, 0) is 45.3 Å². The van der Waals surface area contributed by atoms with Gasteiger partial charge in [-0.3, -0.25) is 9.59 Å². The summed E-state index contributed by atoms with van der Waals surface area (Å²) in [6, 6.07) is 6.91. The molecular formula is C28H34N4O7S. The maximum Gasteiger partial charge on any atom is 0.328 e. The third-order valence-corrected chi connectivity index (χ3v) is 9.24. The van der Waals surface area contributed by atoms with Crippen LogP contribution in [0, 0.1) is 5.92 Å². The molecule has 0 radical (unpaired) electrons. The predicted octanol–water partition coefficient (Wildman–Crippen LogP) is 3.57. The van der Waals surface area contributed by atoms with Crippen molar-refractivity contribution < 1.29 is 33.0 Å². The molecule has 2 unspecified atom stereocenters. The fourth-order valence-corrected chi connectivity index (χ4v) is 6.91. The van der Waals surface area contributed by atoms with E-state index in [9.17, 15) is 14.4 Å². The lowest BCUT2D eigenvalue weighted by molar-refractivity contribution is -0.147. The van der Waals surface area contributed by atoms with Crippen molar-refractivity contribution in [2.45, 2.75) is 56.7 Å². The number of carbonyl (C=O) groups excluding carboxylic acids is 3. The number of imide groups is 1. The number of hydrogen-bond acceptors (Lipinski definition) is 9. The van der Waals surface area contributed by atoms with Crippen LogP contribution in [0.1, 0.15) is 51.2 Å². The normalized spacial score (nSPS) is 23.0. The first-order valence-electron chi connectivity index (χ1n) is 13.2. The Morgan fingerprint density at radius 1 is 1.25 bits per heavy atom. The Bertz CT molecular complexity index is 1310.